The molecule has 7 fully saturated rings. The van der Waals surface area contributed by atoms with Crippen LogP contribution in [-0.2, 0) is 28.4 Å². The summed E-state index contributed by atoms with van der Waals surface area (Å²) < 4.78 is 37.2. The lowest BCUT2D eigenvalue weighted by atomic mass is 9.46. The molecule has 53 heavy (non-hydrogen) atoms. The van der Waals surface area contributed by atoms with Gasteiger partial charge >= 0.3 is 0 Å². The third-order valence-corrected chi connectivity index (χ3v) is 16.0. The largest absolute Gasteiger partial charge is 0.396 e. The number of fused-ring (bicyclic) bond motifs is 7. The lowest BCUT2D eigenvalue weighted by molar-refractivity contribution is -0.369. The smallest absolute Gasteiger partial charge is 0.187 e. The summed E-state index contributed by atoms with van der Waals surface area (Å²) in [5, 5.41) is 85.3. The molecule has 302 valence electrons. The van der Waals surface area contributed by atoms with Gasteiger partial charge in [-0.05, 0) is 81.5 Å². The Morgan fingerprint density at radius 1 is 0.811 bits per heavy atom. The highest BCUT2D eigenvalue weighted by Gasteiger charge is 2.76. The lowest BCUT2D eigenvalue weighted by Crippen LogP contribution is -2.64. The molecule has 1 unspecified atom stereocenters. The first-order valence-electron chi connectivity index (χ1n) is 20.1. The fourth-order valence-electron chi connectivity index (χ4n) is 12.5. The van der Waals surface area contributed by atoms with Gasteiger partial charge in [0.25, 0.3) is 0 Å². The van der Waals surface area contributed by atoms with E-state index >= 15 is 0 Å². The van der Waals surface area contributed by atoms with Crippen molar-refractivity contribution in [1.29, 1.82) is 0 Å². The van der Waals surface area contributed by atoms with Crippen LogP contribution in [0.2, 0.25) is 0 Å². The van der Waals surface area contributed by atoms with Crippen LogP contribution >= 0.6 is 0 Å². The van der Waals surface area contributed by atoms with Gasteiger partial charge in [-0.15, -0.1) is 0 Å². The zero-order valence-corrected chi connectivity index (χ0v) is 31.4. The first-order valence-corrected chi connectivity index (χ1v) is 20.1. The van der Waals surface area contributed by atoms with Crippen LogP contribution in [0.1, 0.15) is 85.5 Å². The highest BCUT2D eigenvalue weighted by atomic mass is 16.8. The van der Waals surface area contributed by atoms with Crippen molar-refractivity contribution in [2.24, 2.45) is 40.4 Å². The molecule has 0 aromatic carbocycles. The predicted octanol–water partition coefficient (Wildman–Crippen LogP) is 0.477. The second-order valence-corrected chi connectivity index (χ2v) is 18.3. The van der Waals surface area contributed by atoms with Crippen molar-refractivity contribution in [2.45, 2.75) is 170 Å². The summed E-state index contributed by atoms with van der Waals surface area (Å²) in [6, 6.07) is 0. The molecule has 0 amide bonds. The van der Waals surface area contributed by atoms with E-state index in [-0.39, 0.29) is 41.5 Å². The molecule has 8 rings (SSSR count). The van der Waals surface area contributed by atoms with Crippen LogP contribution in [0.15, 0.2) is 11.6 Å². The monoisotopic (exact) mass is 754 g/mol. The molecular formula is C39H62O14. The van der Waals surface area contributed by atoms with Crippen molar-refractivity contribution in [3.63, 3.8) is 0 Å². The summed E-state index contributed by atoms with van der Waals surface area (Å²) in [7, 11) is 0. The standard InChI is InChI=1S/C39H62O14/c1-18-28(42)30(44)32(46)34(49-18)52-33-31(45)29(43)26(16-41)51-35(33)50-22-8-10-36(3)21(13-22)5-6-23-24(36)9-11-37(4)25(23)14-27-39(37,47)19(2)38(53-27)12-7-20(15-40)17-48-38/h5,18-20,22-35,40-47H,6-17H2,1-4H3/t18-,19+,20?,22-,23+,24-,25-,26+,27-,28-,29+,30+,31-,32+,33+,34-,35+,36-,37-,38+,39+/m0/s1. The van der Waals surface area contributed by atoms with Gasteiger partial charge in [-0.2, -0.15) is 0 Å². The number of hydrogen-bond acceptors (Lipinski definition) is 14. The Hall–Kier alpha value is -0.820. The highest BCUT2D eigenvalue weighted by Crippen LogP contribution is 2.72. The molecule has 4 aliphatic carbocycles. The quantitative estimate of drug-likeness (QED) is 0.173. The van der Waals surface area contributed by atoms with E-state index < -0.39 is 79.4 Å². The van der Waals surface area contributed by atoms with Gasteiger partial charge in [0, 0.05) is 30.3 Å². The fourth-order valence-corrected chi connectivity index (χ4v) is 12.5. The average molecular weight is 755 g/mol. The first kappa shape index (κ1) is 39.0. The molecule has 14 nitrogen and oxygen atoms in total. The van der Waals surface area contributed by atoms with E-state index in [9.17, 15) is 40.9 Å². The predicted molar refractivity (Wildman–Crippen MR) is 184 cm³/mol. The minimum Gasteiger partial charge on any atom is -0.396 e. The Kier molecular flexibility index (Phi) is 10.3. The van der Waals surface area contributed by atoms with E-state index in [4.69, 9.17) is 28.4 Å². The van der Waals surface area contributed by atoms with Gasteiger partial charge < -0.3 is 69.3 Å². The maximum atomic E-state index is 12.7. The Balaban J connectivity index is 0.971. The number of hydrogen-bond donors (Lipinski definition) is 8. The van der Waals surface area contributed by atoms with Crippen molar-refractivity contribution >= 4 is 0 Å². The van der Waals surface area contributed by atoms with Gasteiger partial charge in [0.15, 0.2) is 18.4 Å². The zero-order chi connectivity index (χ0) is 37.8. The normalized spacial score (nSPS) is 58.0. The lowest BCUT2D eigenvalue weighted by Gasteiger charge is -2.60. The van der Waals surface area contributed by atoms with E-state index in [1.54, 1.807) is 0 Å². The SMILES string of the molecule is C[C@@H]1O[C@@H](O[C@H]2[C@H](O[C@H]3CC[C@@]4(C)C(=CC[C@@H]5[C@@H]4CC[C@@]4(C)[C@H]5C[C@@H]5O[C@]6(CCC(CO)CO6)[C@@H](C)[C@@]54O)C3)O[C@H](CO)[C@@H](O)[C@@H]2O)[C@H](O)[C@H](O)[C@H]1O. The number of rotatable bonds is 6. The zero-order valence-electron chi connectivity index (χ0n) is 31.4. The Labute approximate surface area is 311 Å². The van der Waals surface area contributed by atoms with E-state index in [1.807, 2.05) is 0 Å². The second kappa shape index (κ2) is 13.9. The topological polar surface area (TPSA) is 217 Å². The second-order valence-electron chi connectivity index (χ2n) is 18.3. The van der Waals surface area contributed by atoms with Crippen LogP contribution < -0.4 is 0 Å². The van der Waals surface area contributed by atoms with Gasteiger partial charge in [-0.3, -0.25) is 0 Å². The maximum Gasteiger partial charge on any atom is 0.187 e. The van der Waals surface area contributed by atoms with Gasteiger partial charge in [0.2, 0.25) is 0 Å². The summed E-state index contributed by atoms with van der Waals surface area (Å²) in [4.78, 5) is 0. The van der Waals surface area contributed by atoms with Crippen molar-refractivity contribution in [3.05, 3.63) is 11.6 Å². The Morgan fingerprint density at radius 2 is 1.58 bits per heavy atom. The van der Waals surface area contributed by atoms with Crippen LogP contribution in [0.3, 0.4) is 0 Å². The summed E-state index contributed by atoms with van der Waals surface area (Å²) >= 11 is 0. The molecule has 4 aliphatic heterocycles. The van der Waals surface area contributed by atoms with Crippen molar-refractivity contribution in [3.8, 4) is 0 Å². The molecule has 14 heteroatoms. The third-order valence-electron chi connectivity index (χ3n) is 16.0. The number of ether oxygens (including phenoxy) is 6. The fraction of sp³-hybridized carbons (Fsp3) is 0.949. The van der Waals surface area contributed by atoms with Crippen LogP contribution in [0, 0.1) is 40.4 Å². The van der Waals surface area contributed by atoms with E-state index in [0.717, 1.165) is 38.5 Å². The van der Waals surface area contributed by atoms with E-state index in [0.29, 0.717) is 43.6 Å². The molecule has 3 saturated carbocycles. The Bertz CT molecular complexity index is 1370. The van der Waals surface area contributed by atoms with E-state index in [1.165, 1.54) is 12.5 Å². The van der Waals surface area contributed by atoms with E-state index in [2.05, 4.69) is 26.8 Å². The first-order chi connectivity index (χ1) is 25.1. The van der Waals surface area contributed by atoms with Crippen molar-refractivity contribution in [2.75, 3.05) is 19.8 Å². The maximum absolute atomic E-state index is 12.7. The summed E-state index contributed by atoms with van der Waals surface area (Å²) in [5.74, 6) is 0.240. The molecule has 4 saturated heterocycles. The minimum atomic E-state index is -1.63. The van der Waals surface area contributed by atoms with Crippen molar-refractivity contribution < 1.29 is 69.3 Å². The van der Waals surface area contributed by atoms with Gasteiger partial charge in [0.1, 0.15) is 48.3 Å². The van der Waals surface area contributed by atoms with Gasteiger partial charge in [-0.1, -0.05) is 32.4 Å². The molecule has 8 N–H and O–H groups in total. The van der Waals surface area contributed by atoms with Crippen LogP contribution in [-0.4, -0.2) is 146 Å². The molecular weight excluding hydrogens is 692 g/mol. The molecule has 0 radical (unpaired) electrons. The number of aliphatic hydroxyl groups is 8. The molecule has 0 bridgehead atoms. The third kappa shape index (κ3) is 5.79. The van der Waals surface area contributed by atoms with Crippen molar-refractivity contribution in [1.82, 2.24) is 0 Å². The molecule has 1 spiro atoms. The molecule has 21 atom stereocenters. The van der Waals surface area contributed by atoms with Crippen LogP contribution in [0.25, 0.3) is 0 Å². The molecule has 0 aromatic rings. The number of allylic oxidation sites excluding steroid dienone is 1. The summed E-state index contributed by atoms with van der Waals surface area (Å²) in [5.41, 5.74) is -0.0606. The summed E-state index contributed by atoms with van der Waals surface area (Å²) in [6.45, 7) is 8.26. The van der Waals surface area contributed by atoms with Gasteiger partial charge in [-0.25, -0.2) is 0 Å². The number of aliphatic hydroxyl groups excluding tert-OH is 7. The highest BCUT2D eigenvalue weighted by molar-refractivity contribution is 5.29. The molecule has 8 aliphatic rings. The average Bonchev–Trinajstić information content (AvgIpc) is 3.50. The van der Waals surface area contributed by atoms with Crippen LogP contribution in [0.4, 0.5) is 0 Å². The van der Waals surface area contributed by atoms with Gasteiger partial charge in [0.05, 0.1) is 31.5 Å². The summed E-state index contributed by atoms with van der Waals surface area (Å²) in [6.07, 6.45) is -4.60. The van der Waals surface area contributed by atoms with Crippen LogP contribution in [0.5, 0.6) is 0 Å². The Morgan fingerprint density at radius 3 is 2.28 bits per heavy atom. The minimum absolute atomic E-state index is 0.0657. The molecule has 0 aromatic heterocycles. The molecule has 4 heterocycles.